The van der Waals surface area contributed by atoms with Crippen LogP contribution in [0.3, 0.4) is 0 Å². The van der Waals surface area contributed by atoms with Crippen molar-refractivity contribution < 1.29 is 14.0 Å². The molecule has 0 aliphatic carbocycles. The van der Waals surface area contributed by atoms with Gasteiger partial charge < -0.3 is 19.4 Å². The molecule has 4 heterocycles. The molecule has 49 heavy (non-hydrogen) atoms. The quantitative estimate of drug-likeness (QED) is 0.232. The maximum absolute atomic E-state index is 13.6. The summed E-state index contributed by atoms with van der Waals surface area (Å²) in [7, 11) is 0.0123. The molecule has 11 nitrogen and oxygen atoms in total. The number of carbonyl (C=O) groups excluding carboxylic acids is 1. The van der Waals surface area contributed by atoms with Crippen LogP contribution in [0.2, 0.25) is 23.3 Å². The molecule has 1 amide bonds. The van der Waals surface area contributed by atoms with Gasteiger partial charge in [-0.2, -0.15) is 10.4 Å². The molecule has 0 bridgehead atoms. The number of fused-ring (bicyclic) bond motifs is 1. The number of ether oxygens (including phenoxy) is 1. The number of aromatic nitrogens is 4. The molecule has 2 aliphatic rings. The van der Waals surface area contributed by atoms with Crippen molar-refractivity contribution in [3.05, 3.63) is 46.7 Å². The van der Waals surface area contributed by atoms with Crippen molar-refractivity contribution in [1.29, 1.82) is 5.26 Å². The van der Waals surface area contributed by atoms with Crippen molar-refractivity contribution in [1.82, 2.24) is 24.6 Å². The van der Waals surface area contributed by atoms with Gasteiger partial charge >= 0.3 is 6.09 Å². The lowest BCUT2D eigenvalue weighted by atomic mass is 9.83. The van der Waals surface area contributed by atoms with Crippen LogP contribution in [0.15, 0.2) is 30.5 Å². The van der Waals surface area contributed by atoms with Crippen LogP contribution >= 0.6 is 11.6 Å². The van der Waals surface area contributed by atoms with E-state index in [4.69, 9.17) is 25.7 Å². The Hall–Kier alpha value is -3.50. The van der Waals surface area contributed by atoms with Crippen LogP contribution in [-0.4, -0.2) is 77.9 Å². The van der Waals surface area contributed by atoms with Crippen molar-refractivity contribution in [2.24, 2.45) is 5.92 Å². The van der Waals surface area contributed by atoms with Crippen molar-refractivity contribution >= 4 is 43.5 Å². The Bertz CT molecular complexity index is 1730. The number of hydrogen-bond donors (Lipinski definition) is 1. The molecule has 0 unspecified atom stereocenters. The molecule has 3 aromatic rings. The lowest BCUT2D eigenvalue weighted by Crippen LogP contribution is -2.46. The third kappa shape index (κ3) is 8.28. The Morgan fingerprint density at radius 3 is 2.49 bits per heavy atom. The minimum Gasteiger partial charge on any atom is -0.443 e. The Morgan fingerprint density at radius 2 is 1.86 bits per heavy atom. The summed E-state index contributed by atoms with van der Waals surface area (Å²) in [5.41, 5.74) is 1.84. The van der Waals surface area contributed by atoms with Crippen LogP contribution in [0.25, 0.3) is 11.3 Å². The largest absolute Gasteiger partial charge is 0.443 e. The number of rotatable bonds is 8. The van der Waals surface area contributed by atoms with Crippen LogP contribution in [0.4, 0.5) is 22.2 Å². The fourth-order valence-electron chi connectivity index (χ4n) is 6.09. The first-order valence-electron chi connectivity index (χ1n) is 17.0. The van der Waals surface area contributed by atoms with E-state index in [-0.39, 0.29) is 5.04 Å². The molecular weight excluding hydrogens is 656 g/mol. The van der Waals surface area contributed by atoms with E-state index in [9.17, 15) is 10.1 Å². The predicted octanol–water partition coefficient (Wildman–Crippen LogP) is 7.99. The third-order valence-electron chi connectivity index (χ3n) is 10.0. The Labute approximate surface area is 297 Å². The number of carbonyl (C=O) groups is 1. The van der Waals surface area contributed by atoms with Crippen LogP contribution < -0.4 is 10.2 Å². The van der Waals surface area contributed by atoms with Gasteiger partial charge in [0.15, 0.2) is 13.5 Å². The van der Waals surface area contributed by atoms with Crippen molar-refractivity contribution in [2.75, 3.05) is 43.5 Å². The second kappa shape index (κ2) is 13.7. The summed E-state index contributed by atoms with van der Waals surface area (Å²) in [5.74, 6) is 1.61. The molecule has 0 radical (unpaired) electrons. The fraction of sp³-hybridized carbons (Fsp3) is 0.583. The highest BCUT2D eigenvalue weighted by Crippen LogP contribution is 2.47. The van der Waals surface area contributed by atoms with E-state index >= 15 is 0 Å². The minimum absolute atomic E-state index is 0.00634. The van der Waals surface area contributed by atoms with Crippen LogP contribution in [0, 0.1) is 17.2 Å². The highest BCUT2D eigenvalue weighted by atomic mass is 35.5. The summed E-state index contributed by atoms with van der Waals surface area (Å²) >= 11 is 6.37. The number of nitrogens with zero attached hydrogens (tertiary/aromatic N) is 7. The first kappa shape index (κ1) is 36.8. The lowest BCUT2D eigenvalue weighted by Gasteiger charge is -2.39. The fourth-order valence-corrected chi connectivity index (χ4v) is 7.40. The molecule has 2 aromatic heterocycles. The van der Waals surface area contributed by atoms with E-state index in [1.807, 2.05) is 37.6 Å². The van der Waals surface area contributed by atoms with E-state index < -0.39 is 25.4 Å². The molecule has 264 valence electrons. The van der Waals surface area contributed by atoms with Crippen LogP contribution in [0.1, 0.15) is 72.4 Å². The zero-order valence-electron chi connectivity index (χ0n) is 30.6. The highest BCUT2D eigenvalue weighted by molar-refractivity contribution is 6.74. The number of piperidine rings is 1. The molecule has 13 heteroatoms. The Kier molecular flexibility index (Phi) is 10.3. The van der Waals surface area contributed by atoms with Gasteiger partial charge in [0.2, 0.25) is 5.95 Å². The average Bonchev–Trinajstić information content (AvgIpc) is 3.51. The van der Waals surface area contributed by atoms with Gasteiger partial charge in [-0.15, -0.1) is 0 Å². The number of hydrogen-bond acceptors (Lipinski definition) is 9. The van der Waals surface area contributed by atoms with E-state index in [1.165, 1.54) is 0 Å². The molecule has 1 N–H and O–H groups in total. The lowest BCUT2D eigenvalue weighted by molar-refractivity contribution is 0.0575. The van der Waals surface area contributed by atoms with Gasteiger partial charge in [-0.05, 0) is 102 Å². The van der Waals surface area contributed by atoms with Gasteiger partial charge in [-0.3, -0.25) is 4.90 Å². The van der Waals surface area contributed by atoms with Crippen molar-refractivity contribution in [2.45, 2.75) is 97.0 Å². The second-order valence-electron chi connectivity index (χ2n) is 16.4. The second-order valence-corrected chi connectivity index (χ2v) is 21.6. The zero-order valence-corrected chi connectivity index (χ0v) is 32.4. The van der Waals surface area contributed by atoms with E-state index in [1.54, 1.807) is 23.2 Å². The Morgan fingerprint density at radius 1 is 1.16 bits per heavy atom. The molecule has 1 fully saturated rings. The summed E-state index contributed by atoms with van der Waals surface area (Å²) in [6.45, 7) is 22.3. The minimum atomic E-state index is -2.14. The maximum Gasteiger partial charge on any atom is 0.414 e. The number of anilines is 3. The summed E-state index contributed by atoms with van der Waals surface area (Å²) in [4.78, 5) is 26.9. The van der Waals surface area contributed by atoms with E-state index in [2.05, 4.69) is 74.2 Å². The first-order valence-corrected chi connectivity index (χ1v) is 20.3. The summed E-state index contributed by atoms with van der Waals surface area (Å²) in [6, 6.07) is 9.78. The number of nitriles is 1. The number of amides is 1. The highest BCUT2D eigenvalue weighted by Gasteiger charge is 2.47. The van der Waals surface area contributed by atoms with Crippen LogP contribution in [0.5, 0.6) is 0 Å². The molecular formula is C36H51ClN8O3Si. The smallest absolute Gasteiger partial charge is 0.414 e. The van der Waals surface area contributed by atoms with E-state index in [0.29, 0.717) is 47.1 Å². The maximum atomic E-state index is 13.6. The molecule has 1 aromatic carbocycles. The molecule has 2 aliphatic heterocycles. The molecule has 5 rings (SSSR count). The zero-order chi connectivity index (χ0) is 35.9. The molecule has 0 saturated carbocycles. The standard InChI is InChI=1S/C36H51ClN8O3Si/c1-34(2,3)48-33(46)44-22-36(7,23-47-49(9,10)35(4,5)6)27-18-25(17-26(20-38)31(27)44)28-11-14-39-32(40-28)41-30-19-29(37)42-45(30)21-24-12-15-43(8)16-13-24/h11,14,17-19,24H,12-13,15-16,21-23H2,1-10H3,(H,39,40,41)/t36-/m1/s1. The summed E-state index contributed by atoms with van der Waals surface area (Å²) in [5, 5.41) is 18.7. The topological polar surface area (TPSA) is 121 Å². The van der Waals surface area contributed by atoms with Gasteiger partial charge in [0.1, 0.15) is 17.5 Å². The van der Waals surface area contributed by atoms with Gasteiger partial charge in [0.05, 0.1) is 16.9 Å². The number of benzene rings is 1. The summed E-state index contributed by atoms with van der Waals surface area (Å²) in [6.07, 6.45) is 3.41. The van der Waals surface area contributed by atoms with Gasteiger partial charge in [-0.1, -0.05) is 39.3 Å². The number of nitrogens with one attached hydrogen (secondary N) is 1. The summed E-state index contributed by atoms with van der Waals surface area (Å²) < 4.78 is 14.5. The van der Waals surface area contributed by atoms with Crippen LogP contribution in [-0.2, 0) is 21.1 Å². The molecule has 0 spiro atoms. The van der Waals surface area contributed by atoms with E-state index in [0.717, 1.165) is 49.4 Å². The molecule has 1 atom stereocenters. The van der Waals surface area contributed by atoms with Gasteiger partial charge in [0, 0.05) is 42.9 Å². The van der Waals surface area contributed by atoms with Gasteiger partial charge in [-0.25, -0.2) is 19.4 Å². The predicted molar refractivity (Wildman–Crippen MR) is 197 cm³/mol. The number of halogens is 1. The third-order valence-corrected chi connectivity index (χ3v) is 14.7. The SMILES string of the molecule is CN1CCC(Cn2nc(Cl)cc2Nc2nccc(-c3cc(C#N)c4c(c3)[C@@](C)(CO[Si](C)(C)C(C)(C)C)CN4C(=O)OC(C)(C)C)n2)CC1. The number of likely N-dealkylation sites (tertiary alicyclic amines) is 1. The van der Waals surface area contributed by atoms with Crippen molar-refractivity contribution in [3.8, 4) is 17.3 Å². The normalized spacial score (nSPS) is 19.1. The van der Waals surface area contributed by atoms with Crippen molar-refractivity contribution in [3.63, 3.8) is 0 Å². The Balaban J connectivity index is 1.50. The monoisotopic (exact) mass is 706 g/mol. The molecule has 1 saturated heterocycles. The first-order chi connectivity index (χ1) is 22.8. The van der Waals surface area contributed by atoms with Gasteiger partial charge in [0.25, 0.3) is 0 Å². The average molecular weight is 707 g/mol.